The van der Waals surface area contributed by atoms with Gasteiger partial charge in [-0.25, -0.2) is 13.1 Å². The molecule has 0 aromatic carbocycles. The van der Waals surface area contributed by atoms with Gasteiger partial charge in [0.05, 0.1) is 0 Å². The van der Waals surface area contributed by atoms with Crippen LogP contribution < -0.4 is 15.4 Å². The Labute approximate surface area is 124 Å². The molecule has 1 fully saturated rings. The third kappa shape index (κ3) is 3.51. The monoisotopic (exact) mass is 322 g/mol. The lowest BCUT2D eigenvalue weighted by atomic mass is 10.3. The summed E-state index contributed by atoms with van der Waals surface area (Å²) < 4.78 is 28.5. The van der Waals surface area contributed by atoms with Crippen LogP contribution >= 0.6 is 12.4 Å². The molecule has 20 heavy (non-hydrogen) atoms. The third-order valence-corrected chi connectivity index (χ3v) is 4.62. The van der Waals surface area contributed by atoms with E-state index in [1.807, 2.05) is 0 Å². The van der Waals surface area contributed by atoms with Crippen molar-refractivity contribution in [2.75, 3.05) is 20.1 Å². The highest BCUT2D eigenvalue weighted by atomic mass is 35.5. The molecule has 1 unspecified atom stereocenters. The van der Waals surface area contributed by atoms with Crippen LogP contribution in [0, 0.1) is 0 Å². The van der Waals surface area contributed by atoms with Gasteiger partial charge in [0, 0.05) is 32.9 Å². The number of halogens is 1. The van der Waals surface area contributed by atoms with Crippen molar-refractivity contribution < 1.29 is 13.2 Å². The summed E-state index contributed by atoms with van der Waals surface area (Å²) in [6, 6.07) is 1.29. The van der Waals surface area contributed by atoms with E-state index in [4.69, 9.17) is 0 Å². The van der Waals surface area contributed by atoms with E-state index in [0.717, 1.165) is 13.0 Å². The van der Waals surface area contributed by atoms with Crippen LogP contribution in [-0.2, 0) is 17.1 Å². The smallest absolute Gasteiger partial charge is 0.267 e. The highest BCUT2D eigenvalue weighted by Gasteiger charge is 2.25. The van der Waals surface area contributed by atoms with Crippen molar-refractivity contribution in [1.82, 2.24) is 19.9 Å². The molecule has 9 heteroatoms. The summed E-state index contributed by atoms with van der Waals surface area (Å²) in [6.07, 6.45) is 2.21. The summed E-state index contributed by atoms with van der Waals surface area (Å²) in [5, 5.41) is 5.57. The topological polar surface area (TPSA) is 92.2 Å². The average molecular weight is 323 g/mol. The van der Waals surface area contributed by atoms with Gasteiger partial charge in [-0.2, -0.15) is 0 Å². The van der Waals surface area contributed by atoms with Crippen LogP contribution in [0.15, 0.2) is 17.2 Å². The summed E-state index contributed by atoms with van der Waals surface area (Å²) in [4.78, 5) is 11.7. The summed E-state index contributed by atoms with van der Waals surface area (Å²) in [6.45, 7) is 1.44. The van der Waals surface area contributed by atoms with E-state index >= 15 is 0 Å². The maximum Gasteiger partial charge on any atom is 0.267 e. The molecule has 0 bridgehead atoms. The van der Waals surface area contributed by atoms with E-state index in [-0.39, 0.29) is 29.3 Å². The van der Waals surface area contributed by atoms with Crippen molar-refractivity contribution >= 4 is 28.3 Å². The van der Waals surface area contributed by atoms with Gasteiger partial charge < -0.3 is 15.2 Å². The van der Waals surface area contributed by atoms with Crippen LogP contribution in [-0.4, -0.2) is 45.1 Å². The lowest BCUT2D eigenvalue weighted by Crippen LogP contribution is -2.36. The van der Waals surface area contributed by atoms with Crippen LogP contribution in [0.1, 0.15) is 16.9 Å². The number of nitrogens with one attached hydrogen (secondary N) is 3. The average Bonchev–Trinajstić information content (AvgIpc) is 2.97. The van der Waals surface area contributed by atoms with Crippen molar-refractivity contribution in [3.05, 3.63) is 18.0 Å². The first-order chi connectivity index (χ1) is 8.94. The van der Waals surface area contributed by atoms with Gasteiger partial charge in [-0.3, -0.25) is 4.79 Å². The van der Waals surface area contributed by atoms with Gasteiger partial charge in [0.15, 0.2) is 0 Å². The molecule has 1 saturated heterocycles. The lowest BCUT2D eigenvalue weighted by molar-refractivity contribution is 0.0955. The van der Waals surface area contributed by atoms with E-state index in [0.29, 0.717) is 12.2 Å². The summed E-state index contributed by atoms with van der Waals surface area (Å²) in [7, 11) is -0.432. The molecule has 114 valence electrons. The Hall–Kier alpha value is -1.09. The number of carbonyl (C=O) groups is 1. The third-order valence-electron chi connectivity index (χ3n) is 3.13. The number of amides is 1. The summed E-state index contributed by atoms with van der Waals surface area (Å²) in [5.41, 5.74) is 0.312. The number of rotatable bonds is 4. The van der Waals surface area contributed by atoms with Crippen molar-refractivity contribution in [2.24, 2.45) is 7.05 Å². The molecule has 0 spiro atoms. The second kappa shape index (κ2) is 6.57. The first-order valence-electron chi connectivity index (χ1n) is 6.05. The van der Waals surface area contributed by atoms with Crippen molar-refractivity contribution in [3.8, 4) is 0 Å². The fourth-order valence-corrected chi connectivity index (χ4v) is 3.42. The molecule has 1 atom stereocenters. The number of nitrogens with zero attached hydrogens (tertiary/aromatic N) is 1. The first-order valence-corrected chi connectivity index (χ1v) is 7.54. The van der Waals surface area contributed by atoms with Gasteiger partial charge in [-0.05, 0) is 19.0 Å². The standard InChI is InChI=1S/C11H18N4O3S.ClH/c1-12-11(16)10-5-9(7-15(10)2)19(17,18)14-8-3-4-13-6-8;/h5,7-8,13-14H,3-4,6H2,1-2H3,(H,12,16);1H. The lowest BCUT2D eigenvalue weighted by Gasteiger charge is -2.10. The van der Waals surface area contributed by atoms with Gasteiger partial charge >= 0.3 is 0 Å². The van der Waals surface area contributed by atoms with Crippen molar-refractivity contribution in [1.29, 1.82) is 0 Å². The first kappa shape index (κ1) is 17.0. The van der Waals surface area contributed by atoms with Gasteiger partial charge in [-0.1, -0.05) is 0 Å². The normalized spacial score (nSPS) is 18.6. The van der Waals surface area contributed by atoms with Gasteiger partial charge in [-0.15, -0.1) is 12.4 Å². The molecule has 0 radical (unpaired) electrons. The Balaban J connectivity index is 0.00000200. The van der Waals surface area contributed by atoms with E-state index < -0.39 is 10.0 Å². The molecule has 3 N–H and O–H groups in total. The van der Waals surface area contributed by atoms with Crippen LogP contribution in [0.2, 0.25) is 0 Å². The maximum absolute atomic E-state index is 12.2. The number of aromatic nitrogens is 1. The summed E-state index contributed by atoms with van der Waals surface area (Å²) >= 11 is 0. The highest BCUT2D eigenvalue weighted by Crippen LogP contribution is 2.14. The highest BCUT2D eigenvalue weighted by molar-refractivity contribution is 7.89. The molecule has 1 aromatic heterocycles. The van der Waals surface area contributed by atoms with Gasteiger partial charge in [0.25, 0.3) is 5.91 Å². The van der Waals surface area contributed by atoms with Crippen LogP contribution in [0.25, 0.3) is 0 Å². The molecule has 1 aromatic rings. The molecular formula is C11H19ClN4O3S. The van der Waals surface area contributed by atoms with Crippen LogP contribution in [0.3, 0.4) is 0 Å². The molecule has 2 rings (SSSR count). The molecule has 7 nitrogen and oxygen atoms in total. The molecule has 1 aliphatic heterocycles. The Morgan fingerprint density at radius 2 is 2.20 bits per heavy atom. The van der Waals surface area contributed by atoms with E-state index in [9.17, 15) is 13.2 Å². The predicted octanol–water partition coefficient (Wildman–Crippen LogP) is -0.553. The quantitative estimate of drug-likeness (QED) is 0.693. The van der Waals surface area contributed by atoms with E-state index in [1.54, 1.807) is 7.05 Å². The van der Waals surface area contributed by atoms with Gasteiger partial charge in [0.1, 0.15) is 10.6 Å². The zero-order chi connectivity index (χ0) is 14.0. The molecule has 0 saturated carbocycles. The van der Waals surface area contributed by atoms with Crippen molar-refractivity contribution in [3.63, 3.8) is 0 Å². The fraction of sp³-hybridized carbons (Fsp3) is 0.545. The van der Waals surface area contributed by atoms with Gasteiger partial charge in [0.2, 0.25) is 10.0 Å². The second-order valence-corrected chi connectivity index (χ2v) is 6.28. The number of carbonyl (C=O) groups excluding carboxylic acids is 1. The zero-order valence-corrected chi connectivity index (χ0v) is 13.0. The molecular weight excluding hydrogens is 304 g/mol. The Morgan fingerprint density at radius 1 is 1.50 bits per heavy atom. The number of hydrogen-bond donors (Lipinski definition) is 3. The van der Waals surface area contributed by atoms with Crippen LogP contribution in [0.4, 0.5) is 0 Å². The Kier molecular flexibility index (Phi) is 5.58. The molecule has 0 aliphatic carbocycles. The minimum Gasteiger partial charge on any atom is -0.354 e. The zero-order valence-electron chi connectivity index (χ0n) is 11.3. The predicted molar refractivity (Wildman–Crippen MR) is 77.6 cm³/mol. The minimum absolute atomic E-state index is 0. The van der Waals surface area contributed by atoms with Crippen molar-refractivity contribution in [2.45, 2.75) is 17.4 Å². The van der Waals surface area contributed by atoms with Crippen LogP contribution in [0.5, 0.6) is 0 Å². The molecule has 1 aliphatic rings. The number of aryl methyl sites for hydroxylation is 1. The number of sulfonamides is 1. The Morgan fingerprint density at radius 3 is 2.75 bits per heavy atom. The SMILES string of the molecule is CNC(=O)c1cc(S(=O)(=O)NC2CCNC2)cn1C.Cl. The summed E-state index contributed by atoms with van der Waals surface area (Å²) in [5.74, 6) is -0.313. The fourth-order valence-electron chi connectivity index (χ4n) is 2.08. The maximum atomic E-state index is 12.2. The molecule has 2 heterocycles. The molecule has 1 amide bonds. The van der Waals surface area contributed by atoms with E-state index in [1.165, 1.54) is 23.9 Å². The second-order valence-electron chi connectivity index (χ2n) is 4.56. The number of hydrogen-bond acceptors (Lipinski definition) is 4. The van der Waals surface area contributed by atoms with E-state index in [2.05, 4.69) is 15.4 Å². The minimum atomic E-state index is -3.58. The largest absolute Gasteiger partial charge is 0.354 e. The Bertz CT molecular complexity index is 578.